The first-order chi connectivity index (χ1) is 15.7. The van der Waals surface area contributed by atoms with Crippen molar-refractivity contribution in [2.24, 2.45) is 5.92 Å². The van der Waals surface area contributed by atoms with Crippen molar-refractivity contribution in [1.29, 1.82) is 0 Å². The maximum Gasteiger partial charge on any atom is 0.243 e. The normalized spacial score (nSPS) is 16.7. The summed E-state index contributed by atoms with van der Waals surface area (Å²) < 4.78 is 43.3. The van der Waals surface area contributed by atoms with Gasteiger partial charge in [-0.1, -0.05) is 18.2 Å². The summed E-state index contributed by atoms with van der Waals surface area (Å²) in [6.07, 6.45) is 1.68. The van der Waals surface area contributed by atoms with Crippen molar-refractivity contribution in [2.45, 2.75) is 51.0 Å². The highest BCUT2D eigenvalue weighted by molar-refractivity contribution is 7.89. The molecule has 33 heavy (non-hydrogen) atoms. The molecule has 1 fully saturated rings. The van der Waals surface area contributed by atoms with Crippen LogP contribution in [0.3, 0.4) is 0 Å². The zero-order chi connectivity index (χ0) is 23.8. The average molecular weight is 474 g/mol. The molecule has 1 atom stereocenters. The summed E-state index contributed by atoms with van der Waals surface area (Å²) in [7, 11) is -3.71. The molecule has 0 aliphatic carbocycles. The lowest BCUT2D eigenvalue weighted by Crippen LogP contribution is -2.41. The number of fused-ring (bicyclic) bond motifs is 1. The summed E-state index contributed by atoms with van der Waals surface area (Å²) in [5.74, 6) is -0.938. The molecule has 1 aliphatic heterocycles. The van der Waals surface area contributed by atoms with Crippen LogP contribution in [0.4, 0.5) is 10.1 Å². The standard InChI is InChI=1S/C23H28FN5O3S/c1-4-16(3)29-22-8-7-19(14-21(22)26-27-29)33(31,32)28-11-9-17(10-12-28)23(30)25-18-6-5-15(2)20(24)13-18/h5-8,13-14,16-17H,4,9-12H2,1-3H3,(H,25,30). The van der Waals surface area contributed by atoms with E-state index in [2.05, 4.69) is 22.6 Å². The third-order valence-electron chi connectivity index (χ3n) is 6.35. The highest BCUT2D eigenvalue weighted by Gasteiger charge is 2.32. The van der Waals surface area contributed by atoms with Gasteiger partial charge in [-0.2, -0.15) is 4.31 Å². The van der Waals surface area contributed by atoms with Crippen LogP contribution in [0, 0.1) is 18.7 Å². The fraction of sp³-hybridized carbons (Fsp3) is 0.435. The Hall–Kier alpha value is -2.85. The second kappa shape index (κ2) is 9.18. The maximum absolute atomic E-state index is 13.7. The van der Waals surface area contributed by atoms with Gasteiger partial charge in [0.2, 0.25) is 15.9 Å². The Balaban J connectivity index is 1.43. The van der Waals surface area contributed by atoms with E-state index in [0.717, 1.165) is 11.9 Å². The minimum absolute atomic E-state index is 0.166. The van der Waals surface area contributed by atoms with Crippen LogP contribution in [0.5, 0.6) is 0 Å². The average Bonchev–Trinajstić information content (AvgIpc) is 3.24. The quantitative estimate of drug-likeness (QED) is 0.586. The van der Waals surface area contributed by atoms with Gasteiger partial charge in [-0.05, 0) is 69.0 Å². The predicted molar refractivity (Wildman–Crippen MR) is 124 cm³/mol. The number of halogens is 1. The molecule has 1 N–H and O–H groups in total. The Labute approximate surface area is 192 Å². The molecule has 3 aromatic rings. The van der Waals surface area contributed by atoms with Gasteiger partial charge in [0.25, 0.3) is 0 Å². The Morgan fingerprint density at radius 2 is 1.94 bits per heavy atom. The minimum Gasteiger partial charge on any atom is -0.326 e. The molecule has 2 aromatic carbocycles. The minimum atomic E-state index is -3.71. The van der Waals surface area contributed by atoms with Gasteiger partial charge < -0.3 is 5.32 Å². The van der Waals surface area contributed by atoms with Gasteiger partial charge in [0.05, 0.1) is 16.5 Å². The summed E-state index contributed by atoms with van der Waals surface area (Å²) in [6.45, 7) is 6.22. The van der Waals surface area contributed by atoms with E-state index in [1.165, 1.54) is 10.4 Å². The molecule has 8 nitrogen and oxygen atoms in total. The van der Waals surface area contributed by atoms with Gasteiger partial charge in [-0.15, -0.1) is 5.10 Å². The highest BCUT2D eigenvalue weighted by atomic mass is 32.2. The summed E-state index contributed by atoms with van der Waals surface area (Å²) in [5.41, 5.74) is 2.24. The van der Waals surface area contributed by atoms with E-state index in [-0.39, 0.29) is 41.7 Å². The lowest BCUT2D eigenvalue weighted by atomic mass is 9.97. The van der Waals surface area contributed by atoms with Crippen molar-refractivity contribution in [1.82, 2.24) is 19.3 Å². The largest absolute Gasteiger partial charge is 0.326 e. The first-order valence-corrected chi connectivity index (χ1v) is 12.6. The number of sulfonamides is 1. The number of carbonyl (C=O) groups excluding carboxylic acids is 1. The van der Waals surface area contributed by atoms with Gasteiger partial charge in [0.1, 0.15) is 11.3 Å². The van der Waals surface area contributed by atoms with E-state index in [9.17, 15) is 17.6 Å². The van der Waals surface area contributed by atoms with E-state index < -0.39 is 10.0 Å². The molecule has 0 bridgehead atoms. The van der Waals surface area contributed by atoms with Crippen LogP contribution < -0.4 is 5.32 Å². The number of aromatic nitrogens is 3. The summed E-state index contributed by atoms with van der Waals surface area (Å²) in [4.78, 5) is 12.8. The van der Waals surface area contributed by atoms with Gasteiger partial charge in [-0.25, -0.2) is 17.5 Å². The van der Waals surface area contributed by atoms with Crippen molar-refractivity contribution in [3.8, 4) is 0 Å². The molecular formula is C23H28FN5O3S. The number of piperidine rings is 1. The van der Waals surface area contributed by atoms with Gasteiger partial charge in [0, 0.05) is 24.7 Å². The van der Waals surface area contributed by atoms with E-state index in [4.69, 9.17) is 0 Å². The van der Waals surface area contributed by atoms with E-state index >= 15 is 0 Å². The van der Waals surface area contributed by atoms with Crippen LogP contribution in [-0.4, -0.2) is 46.7 Å². The van der Waals surface area contributed by atoms with Crippen LogP contribution in [0.15, 0.2) is 41.3 Å². The number of hydrogen-bond acceptors (Lipinski definition) is 5. The molecule has 4 rings (SSSR count). The fourth-order valence-corrected chi connectivity index (χ4v) is 5.49. The third-order valence-corrected chi connectivity index (χ3v) is 8.25. The monoisotopic (exact) mass is 473 g/mol. The molecular weight excluding hydrogens is 445 g/mol. The molecule has 1 saturated heterocycles. The number of benzene rings is 2. The Kier molecular flexibility index (Phi) is 6.49. The smallest absolute Gasteiger partial charge is 0.243 e. The molecule has 1 aromatic heterocycles. The molecule has 0 saturated carbocycles. The fourth-order valence-electron chi connectivity index (χ4n) is 4.00. The van der Waals surface area contributed by atoms with Gasteiger partial charge in [0.15, 0.2) is 0 Å². The second-order valence-corrected chi connectivity index (χ2v) is 10.5. The zero-order valence-corrected chi connectivity index (χ0v) is 19.8. The SMILES string of the molecule is CCC(C)n1nnc2cc(S(=O)(=O)N3CCC(C(=O)Nc4ccc(C)c(F)c4)CC3)ccc21. The van der Waals surface area contributed by atoms with E-state index in [0.29, 0.717) is 29.6 Å². The number of anilines is 1. The topological polar surface area (TPSA) is 97.2 Å². The number of amides is 1. The molecule has 2 heterocycles. The van der Waals surface area contributed by atoms with E-state index in [1.54, 1.807) is 41.9 Å². The lowest BCUT2D eigenvalue weighted by molar-refractivity contribution is -0.120. The highest BCUT2D eigenvalue weighted by Crippen LogP contribution is 2.27. The molecule has 10 heteroatoms. The zero-order valence-electron chi connectivity index (χ0n) is 19.0. The van der Waals surface area contributed by atoms with Crippen molar-refractivity contribution in [2.75, 3.05) is 18.4 Å². The predicted octanol–water partition coefficient (Wildman–Crippen LogP) is 3.89. The number of hydrogen-bond donors (Lipinski definition) is 1. The number of nitrogens with zero attached hydrogens (tertiary/aromatic N) is 4. The van der Waals surface area contributed by atoms with Crippen molar-refractivity contribution < 1.29 is 17.6 Å². The molecule has 0 radical (unpaired) electrons. The molecule has 1 aliphatic rings. The second-order valence-electron chi connectivity index (χ2n) is 8.57. The van der Waals surface area contributed by atoms with Crippen LogP contribution in [-0.2, 0) is 14.8 Å². The summed E-state index contributed by atoms with van der Waals surface area (Å²) >= 11 is 0. The lowest BCUT2D eigenvalue weighted by Gasteiger charge is -2.30. The van der Waals surface area contributed by atoms with Crippen molar-refractivity contribution in [3.63, 3.8) is 0 Å². The van der Waals surface area contributed by atoms with Crippen LogP contribution in [0.1, 0.15) is 44.7 Å². The molecule has 1 amide bonds. The Morgan fingerprint density at radius 1 is 1.21 bits per heavy atom. The third kappa shape index (κ3) is 4.63. The molecule has 1 unspecified atom stereocenters. The van der Waals surface area contributed by atoms with Crippen LogP contribution in [0.25, 0.3) is 11.0 Å². The number of carbonyl (C=O) groups is 1. The van der Waals surface area contributed by atoms with Crippen LogP contribution >= 0.6 is 0 Å². The first kappa shape index (κ1) is 23.3. The van der Waals surface area contributed by atoms with Crippen molar-refractivity contribution in [3.05, 3.63) is 47.8 Å². The first-order valence-electron chi connectivity index (χ1n) is 11.1. The van der Waals surface area contributed by atoms with Gasteiger partial charge in [-0.3, -0.25) is 4.79 Å². The van der Waals surface area contributed by atoms with E-state index in [1.807, 2.05) is 6.92 Å². The number of rotatable bonds is 6. The van der Waals surface area contributed by atoms with Crippen LogP contribution in [0.2, 0.25) is 0 Å². The molecule has 0 spiro atoms. The van der Waals surface area contributed by atoms with Crippen molar-refractivity contribution >= 4 is 32.7 Å². The summed E-state index contributed by atoms with van der Waals surface area (Å²) in [5, 5.41) is 11.0. The number of nitrogens with one attached hydrogen (secondary N) is 1. The molecule has 176 valence electrons. The summed E-state index contributed by atoms with van der Waals surface area (Å²) in [6, 6.07) is 9.61. The Morgan fingerprint density at radius 3 is 2.61 bits per heavy atom. The van der Waals surface area contributed by atoms with Gasteiger partial charge >= 0.3 is 0 Å². The number of aryl methyl sites for hydroxylation is 1. The Bertz CT molecular complexity index is 1280. The maximum atomic E-state index is 13.7.